The van der Waals surface area contributed by atoms with Gasteiger partial charge in [0.05, 0.1) is 0 Å². The van der Waals surface area contributed by atoms with Crippen LogP contribution >= 0.6 is 0 Å². The molecule has 0 aliphatic rings. The Morgan fingerprint density at radius 1 is 0.667 bits per heavy atom. The lowest BCUT2D eigenvalue weighted by molar-refractivity contribution is 0.545. The summed E-state index contributed by atoms with van der Waals surface area (Å²) in [6.45, 7) is 2.28. The number of hydrogen-bond acceptors (Lipinski definition) is 0. The van der Waals surface area contributed by atoms with Gasteiger partial charge in [0.1, 0.15) is 0 Å². The summed E-state index contributed by atoms with van der Waals surface area (Å²) in [7, 11) is 0. The van der Waals surface area contributed by atoms with Crippen LogP contribution in [0.4, 0.5) is 0 Å². The average Bonchev–Trinajstić information content (AvgIpc) is 2.39. The fourth-order valence-electron chi connectivity index (χ4n) is 2.17. The van der Waals surface area contributed by atoms with Gasteiger partial charge in [-0.15, -0.1) is 6.42 Å². The van der Waals surface area contributed by atoms with Crippen LogP contribution in [0.1, 0.15) is 90.4 Å². The first-order valence-corrected chi connectivity index (χ1v) is 7.85. The summed E-state index contributed by atoms with van der Waals surface area (Å²) in [5, 5.41) is 0. The van der Waals surface area contributed by atoms with Crippen molar-refractivity contribution >= 4 is 0 Å². The van der Waals surface area contributed by atoms with Crippen molar-refractivity contribution in [3.05, 3.63) is 0 Å². The summed E-state index contributed by atoms with van der Waals surface area (Å²) < 4.78 is 0. The average molecular weight is 246 g/mol. The van der Waals surface area contributed by atoms with Gasteiger partial charge in [0, 0.05) is 6.42 Å². The maximum Gasteiger partial charge on any atom is 0.00989 e. The summed E-state index contributed by atoms with van der Waals surface area (Å²) >= 11 is 0. The molecule has 0 unspecified atom stereocenters. The lowest BCUT2D eigenvalue weighted by Crippen LogP contribution is -1.82. The fourth-order valence-corrected chi connectivity index (χ4v) is 2.17. The zero-order chi connectivity index (χ0) is 13.3. The van der Waals surface area contributed by atoms with Gasteiger partial charge in [0.25, 0.3) is 0 Å². The van der Waals surface area contributed by atoms with Crippen LogP contribution in [-0.4, -0.2) is 0 Å². The largest absolute Gasteiger partial charge is 0.106 e. The molecule has 0 saturated carbocycles. The van der Waals surface area contributed by atoms with E-state index in [0.29, 0.717) is 0 Å². The van der Waals surface area contributed by atoms with E-state index in [2.05, 4.69) is 24.7 Å². The van der Waals surface area contributed by atoms with E-state index < -0.39 is 0 Å². The molecule has 0 heterocycles. The lowest BCUT2D eigenvalue weighted by atomic mass is 10.0. The van der Waals surface area contributed by atoms with Gasteiger partial charge >= 0.3 is 0 Å². The van der Waals surface area contributed by atoms with E-state index in [1.807, 2.05) is 0 Å². The highest BCUT2D eigenvalue weighted by Gasteiger charge is 1.92. The van der Waals surface area contributed by atoms with Crippen LogP contribution in [0.25, 0.3) is 0 Å². The Kier molecular flexibility index (Phi) is 15.3. The second-order valence-electron chi connectivity index (χ2n) is 5.09. The Labute approximate surface area is 115 Å². The van der Waals surface area contributed by atoms with Crippen molar-refractivity contribution < 1.29 is 0 Å². The van der Waals surface area contributed by atoms with Crippen molar-refractivity contribution in [1.29, 1.82) is 0 Å². The Morgan fingerprint density at radius 3 is 1.56 bits per heavy atom. The summed E-state index contributed by atoms with van der Waals surface area (Å²) in [6, 6.07) is 0. The molecule has 0 amide bonds. The molecule has 0 aromatic heterocycles. The summed E-state index contributed by atoms with van der Waals surface area (Å²) in [6.07, 6.45) is 22.7. The number of unbranched alkanes of at least 4 members (excludes halogenated alkanes) is 12. The van der Waals surface area contributed by atoms with E-state index in [4.69, 9.17) is 6.42 Å². The van der Waals surface area contributed by atoms with Crippen LogP contribution in [0.5, 0.6) is 0 Å². The van der Waals surface area contributed by atoms with Gasteiger partial charge in [0.15, 0.2) is 0 Å². The van der Waals surface area contributed by atoms with E-state index in [1.165, 1.54) is 77.0 Å². The zero-order valence-electron chi connectivity index (χ0n) is 12.3. The molecule has 0 N–H and O–H groups in total. The van der Waals surface area contributed by atoms with Crippen molar-refractivity contribution in [2.45, 2.75) is 90.4 Å². The molecular weight excluding hydrogens is 216 g/mol. The van der Waals surface area contributed by atoms with Crippen LogP contribution in [0.15, 0.2) is 0 Å². The van der Waals surface area contributed by atoms with Gasteiger partial charge in [-0.05, 0) is 18.3 Å². The Hall–Kier alpha value is -0.880. The molecule has 0 aromatic rings. The van der Waals surface area contributed by atoms with Crippen molar-refractivity contribution in [2.24, 2.45) is 0 Å². The third-order valence-electron chi connectivity index (χ3n) is 3.32. The topological polar surface area (TPSA) is 0 Å². The Morgan fingerprint density at radius 2 is 1.11 bits per heavy atom. The minimum absolute atomic E-state index is 0.974. The summed E-state index contributed by atoms with van der Waals surface area (Å²) in [5.41, 5.74) is 0. The van der Waals surface area contributed by atoms with Crippen LogP contribution in [-0.2, 0) is 0 Å². The van der Waals surface area contributed by atoms with Crippen molar-refractivity contribution in [3.8, 4) is 24.2 Å². The molecule has 0 atom stereocenters. The third-order valence-corrected chi connectivity index (χ3v) is 3.32. The maximum absolute atomic E-state index is 5.05. The predicted molar refractivity (Wildman–Crippen MR) is 82.3 cm³/mol. The highest BCUT2D eigenvalue weighted by molar-refractivity contribution is 5.21. The molecule has 0 heteroatoms. The molecule has 0 spiro atoms. The fraction of sp³-hybridized carbons (Fsp3) is 0.778. The Bertz CT molecular complexity index is 245. The van der Waals surface area contributed by atoms with Crippen LogP contribution in [0.2, 0.25) is 0 Å². The molecule has 0 fully saturated rings. The first-order valence-electron chi connectivity index (χ1n) is 7.85. The van der Waals surface area contributed by atoms with Gasteiger partial charge in [-0.1, -0.05) is 83.5 Å². The van der Waals surface area contributed by atoms with E-state index in [9.17, 15) is 0 Å². The molecule has 0 saturated heterocycles. The van der Waals surface area contributed by atoms with E-state index >= 15 is 0 Å². The van der Waals surface area contributed by atoms with Gasteiger partial charge in [0.2, 0.25) is 0 Å². The second kappa shape index (κ2) is 16.1. The first kappa shape index (κ1) is 17.1. The number of hydrogen-bond donors (Lipinski definition) is 0. The Balaban J connectivity index is 2.97. The quantitative estimate of drug-likeness (QED) is 0.305. The van der Waals surface area contributed by atoms with Gasteiger partial charge < -0.3 is 0 Å². The molecule has 0 aliphatic heterocycles. The highest BCUT2D eigenvalue weighted by atomic mass is 14.0. The molecule has 0 aliphatic carbocycles. The van der Waals surface area contributed by atoms with E-state index in [-0.39, 0.29) is 0 Å². The maximum atomic E-state index is 5.05. The monoisotopic (exact) mass is 246 g/mol. The van der Waals surface area contributed by atoms with Crippen LogP contribution < -0.4 is 0 Å². The smallest absolute Gasteiger partial charge is 0.00989 e. The molecule has 18 heavy (non-hydrogen) atoms. The standard InChI is InChI=1S/C18H30/c1-3-5-7-9-11-13-15-17-18-16-14-12-10-8-6-4-2/h1H,4,6,8-18H2,2H3. The van der Waals surface area contributed by atoms with E-state index in [0.717, 1.165) is 6.42 Å². The van der Waals surface area contributed by atoms with Crippen molar-refractivity contribution in [2.75, 3.05) is 0 Å². The van der Waals surface area contributed by atoms with Gasteiger partial charge in [-0.25, -0.2) is 0 Å². The van der Waals surface area contributed by atoms with Crippen molar-refractivity contribution in [3.63, 3.8) is 0 Å². The normalized spacial score (nSPS) is 9.56. The van der Waals surface area contributed by atoms with E-state index in [1.54, 1.807) is 0 Å². The molecule has 0 radical (unpaired) electrons. The highest BCUT2D eigenvalue weighted by Crippen LogP contribution is 2.12. The lowest BCUT2D eigenvalue weighted by Gasteiger charge is -2.01. The summed E-state index contributed by atoms with van der Waals surface area (Å²) in [5.74, 6) is 8.00. The number of rotatable bonds is 12. The minimum atomic E-state index is 0.974. The first-order chi connectivity index (χ1) is 8.91. The predicted octanol–water partition coefficient (Wildman–Crippen LogP) is 5.71. The SMILES string of the molecule is C#CC#CCCCCCCCCCCCCCC. The van der Waals surface area contributed by atoms with Crippen LogP contribution in [0, 0.1) is 24.2 Å². The number of terminal acetylenes is 1. The molecule has 0 nitrogen and oxygen atoms in total. The summed E-state index contributed by atoms with van der Waals surface area (Å²) in [4.78, 5) is 0. The van der Waals surface area contributed by atoms with Crippen molar-refractivity contribution in [1.82, 2.24) is 0 Å². The molecule has 102 valence electrons. The minimum Gasteiger partial charge on any atom is -0.106 e. The molecule has 0 bridgehead atoms. The second-order valence-corrected chi connectivity index (χ2v) is 5.09. The zero-order valence-corrected chi connectivity index (χ0v) is 12.3. The van der Waals surface area contributed by atoms with Crippen LogP contribution in [0.3, 0.4) is 0 Å². The molecule has 0 aromatic carbocycles. The van der Waals surface area contributed by atoms with Gasteiger partial charge in [-0.3, -0.25) is 0 Å². The molecular formula is C18H30. The molecule has 0 rings (SSSR count). The van der Waals surface area contributed by atoms with Gasteiger partial charge in [-0.2, -0.15) is 0 Å². The third kappa shape index (κ3) is 15.1.